The number of nitrogens with zero attached hydrogens (tertiary/aromatic N) is 2. The number of carbonyl (C=O) groups excluding carboxylic acids is 2. The van der Waals surface area contributed by atoms with E-state index < -0.39 is 0 Å². The summed E-state index contributed by atoms with van der Waals surface area (Å²) >= 11 is 0. The van der Waals surface area contributed by atoms with Crippen LogP contribution in [0.1, 0.15) is 25.3 Å². The number of carbonyl (C=O) groups is 2. The molecule has 0 saturated carbocycles. The molecule has 138 valence electrons. The Labute approximate surface area is 150 Å². The van der Waals surface area contributed by atoms with Crippen molar-refractivity contribution in [2.45, 2.75) is 38.3 Å². The molecule has 2 unspecified atom stereocenters. The van der Waals surface area contributed by atoms with Crippen LogP contribution in [-0.2, 0) is 11.2 Å². The van der Waals surface area contributed by atoms with Crippen LogP contribution in [0.2, 0.25) is 0 Å². The van der Waals surface area contributed by atoms with Gasteiger partial charge in [0.1, 0.15) is 0 Å². The summed E-state index contributed by atoms with van der Waals surface area (Å²) in [6, 6.07) is 10.6. The fraction of sp³-hybridized carbons (Fsp3) is 0.579. The maximum atomic E-state index is 12.5. The summed E-state index contributed by atoms with van der Waals surface area (Å²) < 4.78 is 0. The predicted octanol–water partition coefficient (Wildman–Crippen LogP) is 1.47. The van der Waals surface area contributed by atoms with E-state index in [4.69, 9.17) is 0 Å². The Morgan fingerprint density at radius 1 is 1.28 bits per heavy atom. The molecule has 1 saturated heterocycles. The van der Waals surface area contributed by atoms with E-state index in [1.165, 1.54) is 12.5 Å². The molecule has 0 aliphatic carbocycles. The molecule has 0 radical (unpaired) electrons. The van der Waals surface area contributed by atoms with E-state index in [9.17, 15) is 9.59 Å². The van der Waals surface area contributed by atoms with Crippen molar-refractivity contribution in [1.82, 2.24) is 20.4 Å². The number of likely N-dealkylation sites (N-methyl/N-ethyl adjacent to an activating group) is 1. The highest BCUT2D eigenvalue weighted by molar-refractivity contribution is 5.75. The Kier molecular flexibility index (Phi) is 7.25. The third kappa shape index (κ3) is 6.38. The van der Waals surface area contributed by atoms with Crippen molar-refractivity contribution < 1.29 is 9.59 Å². The summed E-state index contributed by atoms with van der Waals surface area (Å²) in [7, 11) is 4.07. The number of benzene rings is 1. The van der Waals surface area contributed by atoms with Crippen molar-refractivity contribution in [3.8, 4) is 0 Å². The van der Waals surface area contributed by atoms with Crippen molar-refractivity contribution >= 4 is 11.9 Å². The van der Waals surface area contributed by atoms with Crippen molar-refractivity contribution in [2.75, 3.05) is 33.7 Å². The maximum Gasteiger partial charge on any atom is 0.317 e. The van der Waals surface area contributed by atoms with E-state index in [0.29, 0.717) is 13.1 Å². The smallest absolute Gasteiger partial charge is 0.317 e. The first-order valence-corrected chi connectivity index (χ1v) is 8.96. The first-order valence-electron chi connectivity index (χ1n) is 8.96. The van der Waals surface area contributed by atoms with Crippen LogP contribution in [0.3, 0.4) is 0 Å². The number of urea groups is 1. The number of hydrogen-bond donors (Lipinski definition) is 2. The van der Waals surface area contributed by atoms with Gasteiger partial charge < -0.3 is 20.4 Å². The lowest BCUT2D eigenvalue weighted by molar-refractivity contribution is -0.119. The van der Waals surface area contributed by atoms with Crippen molar-refractivity contribution in [3.05, 3.63) is 35.9 Å². The largest absolute Gasteiger partial charge is 0.352 e. The summed E-state index contributed by atoms with van der Waals surface area (Å²) in [4.78, 5) is 27.7. The Balaban J connectivity index is 1.84. The molecule has 6 nitrogen and oxygen atoms in total. The minimum atomic E-state index is -0.0463. The highest BCUT2D eigenvalue weighted by Crippen LogP contribution is 2.11. The number of rotatable bonds is 6. The van der Waals surface area contributed by atoms with Gasteiger partial charge >= 0.3 is 6.03 Å². The van der Waals surface area contributed by atoms with Gasteiger partial charge in [-0.25, -0.2) is 4.79 Å². The zero-order chi connectivity index (χ0) is 18.2. The summed E-state index contributed by atoms with van der Waals surface area (Å²) in [5.41, 5.74) is 1.26. The fourth-order valence-electron chi connectivity index (χ4n) is 3.21. The van der Waals surface area contributed by atoms with Crippen molar-refractivity contribution in [2.24, 2.45) is 0 Å². The third-order valence-corrected chi connectivity index (χ3v) is 4.65. The molecule has 0 spiro atoms. The van der Waals surface area contributed by atoms with Gasteiger partial charge in [0.05, 0.1) is 0 Å². The minimum absolute atomic E-state index is 0.0391. The quantitative estimate of drug-likeness (QED) is 0.820. The molecule has 1 aromatic carbocycles. The van der Waals surface area contributed by atoms with Crippen LogP contribution in [0.15, 0.2) is 30.3 Å². The van der Waals surface area contributed by atoms with Crippen LogP contribution >= 0.6 is 0 Å². The normalized spacial score (nSPS) is 18.7. The molecule has 0 aromatic heterocycles. The molecule has 1 fully saturated rings. The van der Waals surface area contributed by atoms with E-state index in [0.717, 1.165) is 25.8 Å². The average molecular weight is 346 g/mol. The van der Waals surface area contributed by atoms with Crippen LogP contribution in [0, 0.1) is 0 Å². The van der Waals surface area contributed by atoms with E-state index in [-0.39, 0.29) is 24.0 Å². The number of nitrogens with one attached hydrogen (secondary N) is 2. The molecular formula is C19H30N4O2. The monoisotopic (exact) mass is 346 g/mol. The van der Waals surface area contributed by atoms with E-state index >= 15 is 0 Å². The standard InChI is InChI=1S/C19H30N4O2/c1-15(24)21-17-10-7-11-23(14-17)19(25)20-13-18(22(2)3)12-16-8-5-4-6-9-16/h4-6,8-9,17-18H,7,10-14H2,1-3H3,(H,20,25)(H,21,24). The second-order valence-electron chi connectivity index (χ2n) is 6.98. The number of hydrogen-bond acceptors (Lipinski definition) is 3. The fourth-order valence-corrected chi connectivity index (χ4v) is 3.21. The summed E-state index contributed by atoms with van der Waals surface area (Å²) in [5, 5.41) is 5.97. The highest BCUT2D eigenvalue weighted by atomic mass is 16.2. The molecule has 2 atom stereocenters. The van der Waals surface area contributed by atoms with Gasteiger partial charge in [-0.05, 0) is 38.9 Å². The lowest BCUT2D eigenvalue weighted by Crippen LogP contribution is -2.53. The Morgan fingerprint density at radius 2 is 2.00 bits per heavy atom. The zero-order valence-corrected chi connectivity index (χ0v) is 15.5. The predicted molar refractivity (Wildman–Crippen MR) is 99.4 cm³/mol. The van der Waals surface area contributed by atoms with Gasteiger partial charge in [0.15, 0.2) is 0 Å². The minimum Gasteiger partial charge on any atom is -0.352 e. The van der Waals surface area contributed by atoms with Crippen LogP contribution in [0.4, 0.5) is 4.79 Å². The van der Waals surface area contributed by atoms with Gasteiger partial charge in [-0.3, -0.25) is 4.79 Å². The Morgan fingerprint density at radius 3 is 2.64 bits per heavy atom. The van der Waals surface area contributed by atoms with Gasteiger partial charge in [-0.2, -0.15) is 0 Å². The second kappa shape index (κ2) is 9.42. The second-order valence-corrected chi connectivity index (χ2v) is 6.98. The SMILES string of the molecule is CC(=O)NC1CCCN(C(=O)NCC(Cc2ccccc2)N(C)C)C1. The van der Waals surface area contributed by atoms with Crippen LogP contribution in [0.25, 0.3) is 0 Å². The highest BCUT2D eigenvalue weighted by Gasteiger charge is 2.24. The molecule has 2 rings (SSSR count). The van der Waals surface area contributed by atoms with E-state index in [2.05, 4.69) is 27.7 Å². The topological polar surface area (TPSA) is 64.7 Å². The Hall–Kier alpha value is -2.08. The Bertz CT molecular complexity index is 562. The molecule has 1 aromatic rings. The molecule has 1 heterocycles. The lowest BCUT2D eigenvalue weighted by atomic mass is 10.0. The van der Waals surface area contributed by atoms with Crippen LogP contribution in [-0.4, -0.2) is 67.6 Å². The lowest BCUT2D eigenvalue weighted by Gasteiger charge is -2.34. The van der Waals surface area contributed by atoms with Crippen molar-refractivity contribution in [1.29, 1.82) is 0 Å². The first kappa shape index (κ1) is 19.2. The van der Waals surface area contributed by atoms with Gasteiger partial charge in [-0.1, -0.05) is 30.3 Å². The van der Waals surface area contributed by atoms with Crippen LogP contribution in [0.5, 0.6) is 0 Å². The maximum absolute atomic E-state index is 12.5. The first-order chi connectivity index (χ1) is 12.0. The number of likely N-dealkylation sites (tertiary alicyclic amines) is 1. The van der Waals surface area contributed by atoms with Gasteiger partial charge in [0.25, 0.3) is 0 Å². The zero-order valence-electron chi connectivity index (χ0n) is 15.5. The van der Waals surface area contributed by atoms with E-state index in [1.54, 1.807) is 4.90 Å². The van der Waals surface area contributed by atoms with E-state index in [1.807, 2.05) is 32.3 Å². The number of piperidine rings is 1. The summed E-state index contributed by atoms with van der Waals surface area (Å²) in [6.07, 6.45) is 2.74. The summed E-state index contributed by atoms with van der Waals surface area (Å²) in [6.45, 7) is 3.44. The van der Waals surface area contributed by atoms with Crippen LogP contribution < -0.4 is 10.6 Å². The van der Waals surface area contributed by atoms with Gasteiger partial charge in [-0.15, -0.1) is 0 Å². The number of amides is 3. The molecule has 0 bridgehead atoms. The molecule has 1 aliphatic heterocycles. The molecule has 2 N–H and O–H groups in total. The van der Waals surface area contributed by atoms with Crippen molar-refractivity contribution in [3.63, 3.8) is 0 Å². The molecule has 25 heavy (non-hydrogen) atoms. The molecular weight excluding hydrogens is 316 g/mol. The molecule has 3 amide bonds. The average Bonchev–Trinajstić information content (AvgIpc) is 2.58. The third-order valence-electron chi connectivity index (χ3n) is 4.65. The molecule has 6 heteroatoms. The van der Waals surface area contributed by atoms with Gasteiger partial charge in [0.2, 0.25) is 5.91 Å². The van der Waals surface area contributed by atoms with Gasteiger partial charge in [0, 0.05) is 38.6 Å². The summed E-state index contributed by atoms with van der Waals surface area (Å²) in [5.74, 6) is -0.0391. The molecule has 1 aliphatic rings.